The summed E-state index contributed by atoms with van der Waals surface area (Å²) < 4.78 is 0. The number of unbranched alkanes of at least 4 members (excludes halogenated alkanes) is 1. The van der Waals surface area contributed by atoms with Crippen molar-refractivity contribution in [2.24, 2.45) is 17.4 Å². The lowest BCUT2D eigenvalue weighted by molar-refractivity contribution is -0.384. The van der Waals surface area contributed by atoms with Crippen molar-refractivity contribution in [3.63, 3.8) is 0 Å². The monoisotopic (exact) mass is 448 g/mol. The van der Waals surface area contributed by atoms with Crippen molar-refractivity contribution in [2.45, 2.75) is 64.1 Å². The van der Waals surface area contributed by atoms with Gasteiger partial charge in [0.25, 0.3) is 5.69 Å². The molecule has 6 N–H and O–H groups in total. The highest BCUT2D eigenvalue weighted by Gasteiger charge is 2.36. The number of nitrogens with two attached hydrogens (primary N) is 2. The van der Waals surface area contributed by atoms with Crippen LogP contribution in [0.1, 0.15) is 51.9 Å². The normalized spacial score (nSPS) is 19.2. The van der Waals surface area contributed by atoms with E-state index in [4.69, 9.17) is 11.5 Å². The molecular formula is C22H36N6O4. The zero-order valence-corrected chi connectivity index (χ0v) is 18.8. The number of non-ortho nitro benzene ring substituents is 1. The van der Waals surface area contributed by atoms with Crippen LogP contribution in [0.15, 0.2) is 24.3 Å². The summed E-state index contributed by atoms with van der Waals surface area (Å²) in [6, 6.07) is 4.99. The standard InChI is InChI=1S/C22H36N6O4/c1-16-11-14-25-20(15-16)27(21(29)6-4-13-24)19(5-2-3-12-23)22(30)26-17-7-9-18(10-8-17)28(31)32/h7-10,16,19-20,25H,2-6,11-15,23-24H2,1H3,(H,26,30)/t16?,19-,20?/m0/s1. The average molecular weight is 449 g/mol. The number of carbonyl (C=O) groups is 2. The van der Waals surface area contributed by atoms with Crippen molar-refractivity contribution in [1.82, 2.24) is 10.2 Å². The third kappa shape index (κ3) is 7.54. The van der Waals surface area contributed by atoms with Gasteiger partial charge in [0.15, 0.2) is 0 Å². The quantitative estimate of drug-likeness (QED) is 0.216. The first-order valence-corrected chi connectivity index (χ1v) is 11.4. The smallest absolute Gasteiger partial charge is 0.269 e. The van der Waals surface area contributed by atoms with Crippen molar-refractivity contribution in [3.8, 4) is 0 Å². The van der Waals surface area contributed by atoms with Gasteiger partial charge in [0.1, 0.15) is 6.04 Å². The van der Waals surface area contributed by atoms with E-state index in [2.05, 4.69) is 17.6 Å². The van der Waals surface area contributed by atoms with Gasteiger partial charge in [-0.15, -0.1) is 0 Å². The number of anilines is 1. The summed E-state index contributed by atoms with van der Waals surface area (Å²) in [6.07, 6.45) is 4.34. The minimum absolute atomic E-state index is 0.0542. The molecule has 0 spiro atoms. The van der Waals surface area contributed by atoms with Crippen LogP contribution in [0.3, 0.4) is 0 Å². The van der Waals surface area contributed by atoms with Crippen LogP contribution < -0.4 is 22.1 Å². The highest BCUT2D eigenvalue weighted by molar-refractivity contribution is 5.97. The maximum Gasteiger partial charge on any atom is 0.269 e. The molecule has 2 amide bonds. The number of hydrogen-bond acceptors (Lipinski definition) is 7. The SMILES string of the molecule is CC1CCNC(N(C(=O)CCCN)[C@@H](CCCCN)C(=O)Nc2ccc([N+](=O)[O-])cc2)C1. The molecule has 32 heavy (non-hydrogen) atoms. The predicted octanol–water partition coefficient (Wildman–Crippen LogP) is 1.94. The first kappa shape index (κ1) is 25.7. The number of nitro groups is 1. The van der Waals surface area contributed by atoms with Gasteiger partial charge in [0, 0.05) is 24.2 Å². The summed E-state index contributed by atoms with van der Waals surface area (Å²) in [5.74, 6) is 0.0316. The molecule has 0 aromatic heterocycles. The lowest BCUT2D eigenvalue weighted by atomic mass is 9.95. The Morgan fingerprint density at radius 2 is 1.91 bits per heavy atom. The minimum Gasteiger partial charge on any atom is -0.330 e. The zero-order chi connectivity index (χ0) is 23.5. The van der Waals surface area contributed by atoms with Crippen LogP contribution in [0.2, 0.25) is 0 Å². The topological polar surface area (TPSA) is 157 Å². The van der Waals surface area contributed by atoms with E-state index < -0.39 is 11.0 Å². The number of nitrogens with zero attached hydrogens (tertiary/aromatic N) is 2. The summed E-state index contributed by atoms with van der Waals surface area (Å²) in [7, 11) is 0. The number of nitrogens with one attached hydrogen (secondary N) is 2. The third-order valence-electron chi connectivity index (χ3n) is 5.78. The summed E-state index contributed by atoms with van der Waals surface area (Å²) in [4.78, 5) is 38.7. The summed E-state index contributed by atoms with van der Waals surface area (Å²) >= 11 is 0. The van der Waals surface area contributed by atoms with Gasteiger partial charge in [0.2, 0.25) is 11.8 Å². The average Bonchev–Trinajstić information content (AvgIpc) is 2.77. The molecule has 2 rings (SSSR count). The molecule has 10 heteroatoms. The highest BCUT2D eigenvalue weighted by atomic mass is 16.6. The molecule has 0 aliphatic carbocycles. The summed E-state index contributed by atoms with van der Waals surface area (Å²) in [5.41, 5.74) is 11.7. The number of nitro benzene ring substituents is 1. The molecule has 0 bridgehead atoms. The van der Waals surface area contributed by atoms with Crippen LogP contribution in [0, 0.1) is 16.0 Å². The summed E-state index contributed by atoms with van der Waals surface area (Å²) in [5, 5.41) is 17.1. The Morgan fingerprint density at radius 1 is 1.22 bits per heavy atom. The summed E-state index contributed by atoms with van der Waals surface area (Å²) in [6.45, 7) is 3.85. The van der Waals surface area contributed by atoms with Crippen LogP contribution in [-0.4, -0.2) is 53.5 Å². The van der Waals surface area contributed by atoms with Crippen LogP contribution in [0.25, 0.3) is 0 Å². The molecule has 1 fully saturated rings. The molecule has 1 heterocycles. The van der Waals surface area contributed by atoms with Crippen molar-refractivity contribution >= 4 is 23.2 Å². The van der Waals surface area contributed by atoms with Gasteiger partial charge in [0.05, 0.1) is 11.1 Å². The fraction of sp³-hybridized carbons (Fsp3) is 0.636. The van der Waals surface area contributed by atoms with Crippen molar-refractivity contribution < 1.29 is 14.5 Å². The van der Waals surface area contributed by atoms with E-state index in [0.29, 0.717) is 44.0 Å². The first-order chi connectivity index (χ1) is 15.4. The maximum absolute atomic E-state index is 13.3. The van der Waals surface area contributed by atoms with Crippen LogP contribution in [-0.2, 0) is 9.59 Å². The van der Waals surface area contributed by atoms with E-state index in [-0.39, 0.29) is 30.1 Å². The predicted molar refractivity (Wildman–Crippen MR) is 124 cm³/mol. The lowest BCUT2D eigenvalue weighted by Crippen LogP contribution is -2.59. The van der Waals surface area contributed by atoms with E-state index in [9.17, 15) is 19.7 Å². The Balaban J connectivity index is 2.27. The number of amides is 2. The fourth-order valence-corrected chi connectivity index (χ4v) is 4.01. The molecule has 3 atom stereocenters. The second-order valence-electron chi connectivity index (χ2n) is 8.39. The van der Waals surface area contributed by atoms with E-state index in [1.807, 2.05) is 0 Å². The molecule has 1 aliphatic rings. The molecule has 10 nitrogen and oxygen atoms in total. The number of piperidine rings is 1. The lowest BCUT2D eigenvalue weighted by Gasteiger charge is -2.41. The van der Waals surface area contributed by atoms with E-state index in [1.54, 1.807) is 4.90 Å². The van der Waals surface area contributed by atoms with E-state index >= 15 is 0 Å². The van der Waals surface area contributed by atoms with Crippen LogP contribution in [0.5, 0.6) is 0 Å². The van der Waals surface area contributed by atoms with E-state index in [0.717, 1.165) is 25.8 Å². The van der Waals surface area contributed by atoms with Crippen LogP contribution >= 0.6 is 0 Å². The Morgan fingerprint density at radius 3 is 2.50 bits per heavy atom. The van der Waals surface area contributed by atoms with Crippen molar-refractivity contribution in [1.29, 1.82) is 0 Å². The molecule has 0 radical (unpaired) electrons. The molecule has 2 unspecified atom stereocenters. The molecule has 1 saturated heterocycles. The molecule has 178 valence electrons. The molecule has 0 saturated carbocycles. The van der Waals surface area contributed by atoms with Gasteiger partial charge in [-0.25, -0.2) is 0 Å². The zero-order valence-electron chi connectivity index (χ0n) is 18.8. The largest absolute Gasteiger partial charge is 0.330 e. The number of hydrogen-bond donors (Lipinski definition) is 4. The minimum atomic E-state index is -0.676. The van der Waals surface area contributed by atoms with E-state index in [1.165, 1.54) is 24.3 Å². The third-order valence-corrected chi connectivity index (χ3v) is 5.78. The van der Waals surface area contributed by atoms with Gasteiger partial charge < -0.3 is 21.7 Å². The second kappa shape index (κ2) is 13.1. The molecule has 1 aromatic rings. The van der Waals surface area contributed by atoms with Crippen molar-refractivity contribution in [3.05, 3.63) is 34.4 Å². The first-order valence-electron chi connectivity index (χ1n) is 11.4. The number of carbonyl (C=O) groups excluding carboxylic acids is 2. The Hall–Kier alpha value is -2.56. The maximum atomic E-state index is 13.3. The van der Waals surface area contributed by atoms with Crippen LogP contribution in [0.4, 0.5) is 11.4 Å². The number of rotatable bonds is 12. The van der Waals surface area contributed by atoms with Gasteiger partial charge in [-0.1, -0.05) is 6.92 Å². The molecular weight excluding hydrogens is 412 g/mol. The Bertz CT molecular complexity index is 757. The van der Waals surface area contributed by atoms with Gasteiger partial charge in [-0.3, -0.25) is 25.0 Å². The highest BCUT2D eigenvalue weighted by Crippen LogP contribution is 2.24. The van der Waals surface area contributed by atoms with Gasteiger partial charge in [-0.05, 0) is 76.2 Å². The second-order valence-corrected chi connectivity index (χ2v) is 8.39. The Kier molecular flexibility index (Phi) is 10.5. The molecule has 1 aromatic carbocycles. The fourth-order valence-electron chi connectivity index (χ4n) is 4.01. The molecule has 1 aliphatic heterocycles. The van der Waals surface area contributed by atoms with Gasteiger partial charge >= 0.3 is 0 Å². The van der Waals surface area contributed by atoms with Gasteiger partial charge in [-0.2, -0.15) is 0 Å². The van der Waals surface area contributed by atoms with Crippen molar-refractivity contribution in [2.75, 3.05) is 25.0 Å². The number of benzene rings is 1. The Labute approximate surface area is 189 Å².